The monoisotopic (exact) mass is 260 g/mol. The lowest BCUT2D eigenvalue weighted by Crippen LogP contribution is -2.23. The van der Waals surface area contributed by atoms with Gasteiger partial charge in [0.2, 0.25) is 0 Å². The van der Waals surface area contributed by atoms with Crippen LogP contribution in [0.2, 0.25) is 0 Å². The van der Waals surface area contributed by atoms with Gasteiger partial charge in [0.05, 0.1) is 3.26 Å². The molecule has 56 valence electrons. The molecule has 0 amide bonds. The standard InChI is InChI=1S/C6H13IOS/c1-6(2,3)5(7)9(4)8/h5H,1-4H3. The molecule has 0 aliphatic rings. The molecule has 0 aromatic heterocycles. The fourth-order valence-electron chi connectivity index (χ4n) is 0.498. The molecule has 2 unspecified atom stereocenters. The van der Waals surface area contributed by atoms with Crippen LogP contribution in [0, 0.1) is 5.41 Å². The van der Waals surface area contributed by atoms with E-state index in [0.29, 0.717) is 0 Å². The van der Waals surface area contributed by atoms with Gasteiger partial charge in [-0.05, 0) is 5.41 Å². The second-order valence-corrected chi connectivity index (χ2v) is 6.74. The lowest BCUT2D eigenvalue weighted by Gasteiger charge is -2.22. The summed E-state index contributed by atoms with van der Waals surface area (Å²) in [7, 11) is -0.693. The minimum atomic E-state index is -0.693. The molecule has 0 rings (SSSR count). The van der Waals surface area contributed by atoms with E-state index in [1.54, 1.807) is 6.26 Å². The molecule has 0 spiro atoms. The number of rotatable bonds is 1. The fraction of sp³-hybridized carbons (Fsp3) is 1.00. The molecule has 0 fully saturated rings. The Balaban J connectivity index is 4.04. The molecule has 0 aliphatic heterocycles. The van der Waals surface area contributed by atoms with Gasteiger partial charge in [0.15, 0.2) is 0 Å². The summed E-state index contributed by atoms with van der Waals surface area (Å²) in [4.78, 5) is 0. The molecular formula is C6H13IOS. The van der Waals surface area contributed by atoms with E-state index in [4.69, 9.17) is 0 Å². The summed E-state index contributed by atoms with van der Waals surface area (Å²) in [6.45, 7) is 6.31. The van der Waals surface area contributed by atoms with Crippen LogP contribution in [0.3, 0.4) is 0 Å². The molecular weight excluding hydrogens is 247 g/mol. The summed E-state index contributed by atoms with van der Waals surface area (Å²) >= 11 is 2.24. The molecule has 1 nitrogen and oxygen atoms in total. The Kier molecular flexibility index (Phi) is 3.65. The zero-order chi connectivity index (χ0) is 7.65. The van der Waals surface area contributed by atoms with Gasteiger partial charge < -0.3 is 0 Å². The second-order valence-electron chi connectivity index (χ2n) is 3.18. The minimum absolute atomic E-state index is 0.167. The van der Waals surface area contributed by atoms with Crippen molar-refractivity contribution in [3.63, 3.8) is 0 Å². The largest absolute Gasteiger partial charge is 0.259 e. The van der Waals surface area contributed by atoms with Gasteiger partial charge in [0.1, 0.15) is 0 Å². The molecule has 0 radical (unpaired) electrons. The van der Waals surface area contributed by atoms with E-state index in [0.717, 1.165) is 0 Å². The third-order valence-corrected chi connectivity index (χ3v) is 6.28. The van der Waals surface area contributed by atoms with E-state index in [1.165, 1.54) is 0 Å². The van der Waals surface area contributed by atoms with E-state index in [1.807, 2.05) is 0 Å². The second kappa shape index (κ2) is 3.32. The van der Waals surface area contributed by atoms with Crippen molar-refractivity contribution in [1.82, 2.24) is 0 Å². The van der Waals surface area contributed by atoms with Crippen molar-refractivity contribution < 1.29 is 4.21 Å². The molecule has 9 heavy (non-hydrogen) atoms. The first kappa shape index (κ1) is 9.88. The van der Waals surface area contributed by atoms with Crippen LogP contribution in [0.5, 0.6) is 0 Å². The van der Waals surface area contributed by atoms with Crippen molar-refractivity contribution in [2.45, 2.75) is 24.0 Å². The highest BCUT2D eigenvalue weighted by molar-refractivity contribution is 14.1. The van der Waals surface area contributed by atoms with E-state index < -0.39 is 10.8 Å². The predicted molar refractivity (Wildman–Crippen MR) is 51.3 cm³/mol. The average molecular weight is 260 g/mol. The van der Waals surface area contributed by atoms with Crippen LogP contribution in [-0.4, -0.2) is 13.7 Å². The van der Waals surface area contributed by atoms with Crippen LogP contribution in [0.4, 0.5) is 0 Å². The molecule has 0 bridgehead atoms. The van der Waals surface area contributed by atoms with Gasteiger partial charge in [-0.3, -0.25) is 4.21 Å². The highest BCUT2D eigenvalue weighted by atomic mass is 127. The molecule has 0 aromatic carbocycles. The van der Waals surface area contributed by atoms with E-state index in [9.17, 15) is 4.21 Å². The zero-order valence-electron chi connectivity index (χ0n) is 6.27. The SMILES string of the molecule is CS(=O)C(I)C(C)(C)C. The quantitative estimate of drug-likeness (QED) is 0.521. The highest BCUT2D eigenvalue weighted by Gasteiger charge is 2.24. The summed E-state index contributed by atoms with van der Waals surface area (Å²) < 4.78 is 11.2. The van der Waals surface area contributed by atoms with Gasteiger partial charge in [-0.15, -0.1) is 0 Å². The van der Waals surface area contributed by atoms with Crippen molar-refractivity contribution >= 4 is 33.4 Å². The van der Waals surface area contributed by atoms with Gasteiger partial charge >= 0.3 is 0 Å². The Hall–Kier alpha value is 0.880. The Morgan fingerprint density at radius 1 is 1.44 bits per heavy atom. The topological polar surface area (TPSA) is 17.1 Å². The first-order valence-corrected chi connectivity index (χ1v) is 5.68. The zero-order valence-corrected chi connectivity index (χ0v) is 9.25. The van der Waals surface area contributed by atoms with Crippen LogP contribution in [-0.2, 0) is 10.8 Å². The molecule has 0 aromatic rings. The van der Waals surface area contributed by atoms with Crippen molar-refractivity contribution in [1.29, 1.82) is 0 Å². The first-order chi connectivity index (χ1) is 3.85. The van der Waals surface area contributed by atoms with E-state index in [2.05, 4.69) is 43.4 Å². The highest BCUT2D eigenvalue weighted by Crippen LogP contribution is 2.28. The molecule has 0 saturated heterocycles. The Morgan fingerprint density at radius 2 is 1.78 bits per heavy atom. The summed E-state index contributed by atoms with van der Waals surface area (Å²) in [5, 5.41) is 0. The van der Waals surface area contributed by atoms with E-state index >= 15 is 0 Å². The van der Waals surface area contributed by atoms with Crippen LogP contribution in [0.15, 0.2) is 0 Å². The maximum atomic E-state index is 10.9. The van der Waals surface area contributed by atoms with Gasteiger partial charge in [-0.2, -0.15) is 0 Å². The Bertz CT molecular complexity index is 117. The number of alkyl halides is 1. The maximum Gasteiger partial charge on any atom is 0.0908 e. The van der Waals surface area contributed by atoms with Crippen molar-refractivity contribution in [3.8, 4) is 0 Å². The third-order valence-electron chi connectivity index (χ3n) is 0.972. The molecule has 0 N–H and O–H groups in total. The third kappa shape index (κ3) is 3.55. The van der Waals surface area contributed by atoms with Crippen molar-refractivity contribution in [2.24, 2.45) is 5.41 Å². The summed E-state index contributed by atoms with van der Waals surface area (Å²) in [6, 6.07) is 0. The smallest absolute Gasteiger partial charge is 0.0908 e. The number of hydrogen-bond donors (Lipinski definition) is 0. The minimum Gasteiger partial charge on any atom is -0.259 e. The number of halogens is 1. The van der Waals surface area contributed by atoms with Gasteiger partial charge in [-0.1, -0.05) is 43.4 Å². The van der Waals surface area contributed by atoms with Gasteiger partial charge in [0.25, 0.3) is 0 Å². The molecule has 3 heteroatoms. The van der Waals surface area contributed by atoms with Gasteiger partial charge in [-0.25, -0.2) is 0 Å². The lowest BCUT2D eigenvalue weighted by atomic mass is 10.0. The van der Waals surface area contributed by atoms with Crippen molar-refractivity contribution in [3.05, 3.63) is 0 Å². The lowest BCUT2D eigenvalue weighted by molar-refractivity contribution is 0.463. The van der Waals surface area contributed by atoms with Crippen LogP contribution < -0.4 is 0 Å². The predicted octanol–water partition coefficient (Wildman–Crippen LogP) is 2.17. The average Bonchev–Trinajstić information content (AvgIpc) is 1.62. The van der Waals surface area contributed by atoms with Crippen molar-refractivity contribution in [2.75, 3.05) is 6.26 Å². The van der Waals surface area contributed by atoms with Gasteiger partial charge in [0, 0.05) is 17.1 Å². The number of hydrogen-bond acceptors (Lipinski definition) is 1. The summed E-state index contributed by atoms with van der Waals surface area (Å²) in [5.41, 5.74) is 0.167. The molecule has 2 atom stereocenters. The fourth-order valence-corrected chi connectivity index (χ4v) is 1.49. The van der Waals surface area contributed by atoms with E-state index in [-0.39, 0.29) is 8.67 Å². The maximum absolute atomic E-state index is 10.9. The first-order valence-electron chi connectivity index (χ1n) is 2.82. The van der Waals surface area contributed by atoms with Crippen LogP contribution >= 0.6 is 22.6 Å². The summed E-state index contributed by atoms with van der Waals surface area (Å²) in [6.07, 6.45) is 1.75. The summed E-state index contributed by atoms with van der Waals surface area (Å²) in [5.74, 6) is 0. The normalized spacial score (nSPS) is 19.2. The Labute approximate surface area is 73.2 Å². The van der Waals surface area contributed by atoms with Crippen LogP contribution in [0.25, 0.3) is 0 Å². The molecule has 0 aliphatic carbocycles. The Morgan fingerprint density at radius 3 is 1.78 bits per heavy atom. The van der Waals surface area contributed by atoms with Crippen LogP contribution in [0.1, 0.15) is 20.8 Å². The molecule has 0 saturated carbocycles. The molecule has 0 heterocycles.